The van der Waals surface area contributed by atoms with Gasteiger partial charge in [-0.1, -0.05) is 18.2 Å². The van der Waals surface area contributed by atoms with Crippen LogP contribution in [0, 0.1) is 0 Å². The second-order valence-electron chi connectivity index (χ2n) is 7.16. The van der Waals surface area contributed by atoms with E-state index in [0.29, 0.717) is 18.7 Å². The number of anilines is 1. The summed E-state index contributed by atoms with van der Waals surface area (Å²) in [6.45, 7) is 0.570. The van der Waals surface area contributed by atoms with Gasteiger partial charge < -0.3 is 15.0 Å². The van der Waals surface area contributed by atoms with Gasteiger partial charge in [-0.25, -0.2) is 0 Å². The standard InChI is InChI=1S/C24H23N3O3/c1-30-19-11-9-18(10-12-19)26-24(29)22-7-4-16-27(22)23(28)13-8-17-14-15-25-21-6-3-2-5-20(17)21/h2-3,5-6,8-15,22H,4,7,16H2,1H3,(H,26,29)/b13-8+. The number of hydrogen-bond donors (Lipinski definition) is 1. The lowest BCUT2D eigenvalue weighted by Crippen LogP contribution is -2.42. The molecular weight excluding hydrogens is 378 g/mol. The van der Waals surface area contributed by atoms with Crippen LogP contribution in [-0.4, -0.2) is 41.4 Å². The van der Waals surface area contributed by atoms with Crippen molar-refractivity contribution >= 4 is 34.5 Å². The number of carbonyl (C=O) groups is 2. The molecule has 30 heavy (non-hydrogen) atoms. The zero-order valence-corrected chi connectivity index (χ0v) is 16.7. The predicted octanol–water partition coefficient (Wildman–Crippen LogP) is 3.89. The Labute approximate surface area is 175 Å². The average molecular weight is 401 g/mol. The Kier molecular flexibility index (Phi) is 5.75. The van der Waals surface area contributed by atoms with Crippen LogP contribution in [-0.2, 0) is 9.59 Å². The van der Waals surface area contributed by atoms with Crippen LogP contribution in [0.15, 0.2) is 66.9 Å². The number of nitrogens with one attached hydrogen (secondary N) is 1. The highest BCUT2D eigenvalue weighted by molar-refractivity contribution is 6.01. The zero-order valence-electron chi connectivity index (χ0n) is 16.7. The van der Waals surface area contributed by atoms with E-state index in [1.54, 1.807) is 54.6 Å². The Hall–Kier alpha value is -3.67. The molecule has 6 nitrogen and oxygen atoms in total. The number of amides is 2. The van der Waals surface area contributed by atoms with Crippen molar-refractivity contribution in [1.29, 1.82) is 0 Å². The molecule has 0 saturated carbocycles. The smallest absolute Gasteiger partial charge is 0.247 e. The molecule has 1 fully saturated rings. The first-order chi connectivity index (χ1) is 14.7. The van der Waals surface area contributed by atoms with Gasteiger partial charge in [-0.2, -0.15) is 0 Å². The normalized spacial score (nSPS) is 16.2. The topological polar surface area (TPSA) is 71.5 Å². The van der Waals surface area contributed by atoms with Gasteiger partial charge in [0, 0.05) is 29.9 Å². The van der Waals surface area contributed by atoms with Crippen LogP contribution >= 0.6 is 0 Å². The second kappa shape index (κ2) is 8.78. The predicted molar refractivity (Wildman–Crippen MR) is 117 cm³/mol. The molecule has 152 valence electrons. The molecule has 1 unspecified atom stereocenters. The second-order valence-corrected chi connectivity index (χ2v) is 7.16. The van der Waals surface area contributed by atoms with Crippen molar-refractivity contribution in [3.63, 3.8) is 0 Å². The van der Waals surface area contributed by atoms with Gasteiger partial charge in [0.1, 0.15) is 11.8 Å². The molecule has 1 N–H and O–H groups in total. The zero-order chi connectivity index (χ0) is 20.9. The van der Waals surface area contributed by atoms with Crippen molar-refractivity contribution < 1.29 is 14.3 Å². The van der Waals surface area contributed by atoms with Gasteiger partial charge in [-0.3, -0.25) is 14.6 Å². The molecule has 1 saturated heterocycles. The Morgan fingerprint density at radius 3 is 2.73 bits per heavy atom. The molecule has 0 aliphatic carbocycles. The van der Waals surface area contributed by atoms with E-state index in [1.807, 2.05) is 30.3 Å². The lowest BCUT2D eigenvalue weighted by atomic mass is 10.1. The van der Waals surface area contributed by atoms with E-state index >= 15 is 0 Å². The summed E-state index contributed by atoms with van der Waals surface area (Å²) in [7, 11) is 1.60. The summed E-state index contributed by atoms with van der Waals surface area (Å²) in [5.74, 6) is 0.386. The number of fused-ring (bicyclic) bond motifs is 1. The minimum atomic E-state index is -0.474. The molecule has 0 spiro atoms. The lowest BCUT2D eigenvalue weighted by Gasteiger charge is -2.22. The number of para-hydroxylation sites is 1. The van der Waals surface area contributed by atoms with Gasteiger partial charge in [-0.05, 0) is 60.9 Å². The fraction of sp³-hybridized carbons (Fsp3) is 0.208. The maximum atomic E-state index is 12.8. The van der Waals surface area contributed by atoms with Crippen molar-refractivity contribution in [2.75, 3.05) is 19.0 Å². The fourth-order valence-electron chi connectivity index (χ4n) is 3.72. The quantitative estimate of drug-likeness (QED) is 0.659. The number of benzene rings is 2. The number of rotatable bonds is 5. The van der Waals surface area contributed by atoms with E-state index < -0.39 is 6.04 Å². The number of likely N-dealkylation sites (tertiary alicyclic amines) is 1. The summed E-state index contributed by atoms with van der Waals surface area (Å²) >= 11 is 0. The Bertz CT molecular complexity index is 1090. The molecule has 1 aromatic heterocycles. The molecule has 2 heterocycles. The summed E-state index contributed by atoms with van der Waals surface area (Å²) in [6.07, 6.45) is 6.52. The number of methoxy groups -OCH3 is 1. The van der Waals surface area contributed by atoms with Crippen LogP contribution in [0.2, 0.25) is 0 Å². The Balaban J connectivity index is 1.46. The first-order valence-corrected chi connectivity index (χ1v) is 9.93. The number of aromatic nitrogens is 1. The van der Waals surface area contributed by atoms with Crippen LogP contribution in [0.1, 0.15) is 18.4 Å². The van der Waals surface area contributed by atoms with Crippen molar-refractivity contribution in [3.8, 4) is 5.75 Å². The van der Waals surface area contributed by atoms with Crippen molar-refractivity contribution in [2.45, 2.75) is 18.9 Å². The monoisotopic (exact) mass is 401 g/mol. The van der Waals surface area contributed by atoms with Crippen molar-refractivity contribution in [2.24, 2.45) is 0 Å². The van der Waals surface area contributed by atoms with Crippen LogP contribution in [0.25, 0.3) is 17.0 Å². The molecular formula is C24H23N3O3. The molecule has 0 radical (unpaired) electrons. The SMILES string of the molecule is COc1ccc(NC(=O)C2CCCN2C(=O)/C=C/c2ccnc3ccccc23)cc1. The van der Waals surface area contributed by atoms with E-state index in [1.165, 1.54) is 0 Å². The van der Waals surface area contributed by atoms with Crippen molar-refractivity contribution in [3.05, 3.63) is 72.4 Å². The molecule has 2 aromatic carbocycles. The van der Waals surface area contributed by atoms with Gasteiger partial charge in [0.15, 0.2) is 0 Å². The molecule has 1 aliphatic heterocycles. The van der Waals surface area contributed by atoms with Gasteiger partial charge in [0.05, 0.1) is 12.6 Å². The Morgan fingerprint density at radius 2 is 1.93 bits per heavy atom. The first-order valence-electron chi connectivity index (χ1n) is 9.93. The summed E-state index contributed by atoms with van der Waals surface area (Å²) < 4.78 is 5.14. The minimum absolute atomic E-state index is 0.164. The van der Waals surface area contributed by atoms with Crippen LogP contribution < -0.4 is 10.1 Å². The molecule has 1 atom stereocenters. The Morgan fingerprint density at radius 1 is 1.13 bits per heavy atom. The van der Waals surface area contributed by atoms with Crippen LogP contribution in [0.4, 0.5) is 5.69 Å². The third-order valence-corrected chi connectivity index (χ3v) is 5.28. The minimum Gasteiger partial charge on any atom is -0.497 e. The largest absolute Gasteiger partial charge is 0.497 e. The van der Waals surface area contributed by atoms with Crippen molar-refractivity contribution in [1.82, 2.24) is 9.88 Å². The molecule has 1 aliphatic rings. The number of nitrogens with zero attached hydrogens (tertiary/aromatic N) is 2. The van der Waals surface area contributed by atoms with Gasteiger partial charge in [0.2, 0.25) is 11.8 Å². The molecule has 4 rings (SSSR count). The molecule has 6 heteroatoms. The van der Waals surface area contributed by atoms with Crippen LogP contribution in [0.3, 0.4) is 0 Å². The summed E-state index contributed by atoms with van der Waals surface area (Å²) in [5, 5.41) is 3.88. The van der Waals surface area contributed by atoms with E-state index in [2.05, 4.69) is 10.3 Å². The summed E-state index contributed by atoms with van der Waals surface area (Å²) in [5.41, 5.74) is 2.48. The first kappa shape index (κ1) is 19.6. The molecule has 0 bridgehead atoms. The summed E-state index contributed by atoms with van der Waals surface area (Å²) in [6, 6.07) is 16.3. The fourth-order valence-corrected chi connectivity index (χ4v) is 3.72. The van der Waals surface area contributed by atoms with Crippen LogP contribution in [0.5, 0.6) is 5.75 Å². The maximum absolute atomic E-state index is 12.8. The molecule has 2 amide bonds. The number of pyridine rings is 1. The summed E-state index contributed by atoms with van der Waals surface area (Å²) in [4.78, 5) is 31.6. The van der Waals surface area contributed by atoms with Gasteiger partial charge >= 0.3 is 0 Å². The van der Waals surface area contributed by atoms with Gasteiger partial charge in [-0.15, -0.1) is 0 Å². The third kappa shape index (κ3) is 4.17. The van der Waals surface area contributed by atoms with Gasteiger partial charge in [0.25, 0.3) is 0 Å². The number of carbonyl (C=O) groups excluding carboxylic acids is 2. The van der Waals surface area contributed by atoms with E-state index in [-0.39, 0.29) is 11.8 Å². The van der Waals surface area contributed by atoms with E-state index in [4.69, 9.17) is 4.74 Å². The van der Waals surface area contributed by atoms with E-state index in [0.717, 1.165) is 28.6 Å². The number of hydrogen-bond acceptors (Lipinski definition) is 4. The average Bonchev–Trinajstić information content (AvgIpc) is 3.28. The lowest BCUT2D eigenvalue weighted by molar-refractivity contribution is -0.132. The third-order valence-electron chi connectivity index (χ3n) is 5.28. The highest BCUT2D eigenvalue weighted by Crippen LogP contribution is 2.22. The highest BCUT2D eigenvalue weighted by Gasteiger charge is 2.33. The molecule has 3 aromatic rings. The maximum Gasteiger partial charge on any atom is 0.247 e. The van der Waals surface area contributed by atoms with E-state index in [9.17, 15) is 9.59 Å². The highest BCUT2D eigenvalue weighted by atomic mass is 16.5. The number of ether oxygens (including phenoxy) is 1.